The van der Waals surface area contributed by atoms with Crippen LogP contribution in [0.4, 0.5) is 5.69 Å². The van der Waals surface area contributed by atoms with Crippen molar-refractivity contribution < 1.29 is 22.7 Å². The van der Waals surface area contributed by atoms with Gasteiger partial charge in [-0.25, -0.2) is 8.42 Å². The van der Waals surface area contributed by atoms with Crippen molar-refractivity contribution >= 4 is 27.5 Å². The van der Waals surface area contributed by atoms with E-state index in [-0.39, 0.29) is 23.8 Å². The smallest absolute Gasteiger partial charge is 0.264 e. The number of rotatable bonds is 13. The maximum atomic E-state index is 14.3. The van der Waals surface area contributed by atoms with Crippen LogP contribution < -0.4 is 14.4 Å². The molecule has 8 nitrogen and oxygen atoms in total. The van der Waals surface area contributed by atoms with Gasteiger partial charge in [0.2, 0.25) is 11.8 Å². The molecule has 0 unspecified atom stereocenters. The molecular formula is C34H37N3O5S. The summed E-state index contributed by atoms with van der Waals surface area (Å²) in [5.41, 5.74) is 2.98. The number of ether oxygens (including phenoxy) is 1. The minimum absolute atomic E-state index is 0.0147. The Kier molecular flexibility index (Phi) is 10.6. The first kappa shape index (κ1) is 31.3. The fraction of sp³-hybridized carbons (Fsp3) is 0.235. The molecule has 1 atom stereocenters. The molecule has 0 saturated heterocycles. The summed E-state index contributed by atoms with van der Waals surface area (Å²) in [6, 6.07) is 30.9. The Balaban J connectivity index is 1.77. The Morgan fingerprint density at radius 3 is 1.95 bits per heavy atom. The van der Waals surface area contributed by atoms with Gasteiger partial charge in [0.15, 0.2) is 0 Å². The summed E-state index contributed by atoms with van der Waals surface area (Å²) in [5.74, 6) is -0.305. The van der Waals surface area contributed by atoms with Crippen molar-refractivity contribution in [2.45, 2.75) is 37.8 Å². The lowest BCUT2D eigenvalue weighted by Gasteiger charge is -2.33. The van der Waals surface area contributed by atoms with E-state index in [0.29, 0.717) is 18.0 Å². The third kappa shape index (κ3) is 8.02. The molecule has 0 aliphatic carbocycles. The van der Waals surface area contributed by atoms with Crippen molar-refractivity contribution in [3.8, 4) is 5.75 Å². The summed E-state index contributed by atoms with van der Waals surface area (Å²) >= 11 is 0. The molecule has 0 aliphatic heterocycles. The second kappa shape index (κ2) is 14.5. The Morgan fingerprint density at radius 2 is 1.40 bits per heavy atom. The van der Waals surface area contributed by atoms with E-state index < -0.39 is 28.5 Å². The molecule has 0 radical (unpaired) electrons. The monoisotopic (exact) mass is 599 g/mol. The molecule has 2 amide bonds. The standard InChI is InChI=1S/C34H37N3O5S/c1-4-35-34(39)32(23-27-11-7-5-8-12-27)36(24-28-13-9-6-10-14-28)33(38)25-37(29-17-15-26(2)16-18-29)43(40,41)31-21-19-30(42-3)20-22-31/h5-22,32H,4,23-25H2,1-3H3,(H,35,39)/t32-/m1/s1. The van der Waals surface area contributed by atoms with Crippen molar-refractivity contribution in [3.63, 3.8) is 0 Å². The van der Waals surface area contributed by atoms with E-state index in [1.165, 1.54) is 24.1 Å². The van der Waals surface area contributed by atoms with Gasteiger partial charge < -0.3 is 15.0 Å². The van der Waals surface area contributed by atoms with E-state index in [1.54, 1.807) is 36.4 Å². The Morgan fingerprint density at radius 1 is 0.814 bits per heavy atom. The van der Waals surface area contributed by atoms with Crippen LogP contribution in [0, 0.1) is 6.92 Å². The van der Waals surface area contributed by atoms with Crippen LogP contribution >= 0.6 is 0 Å². The number of aryl methyl sites for hydroxylation is 1. The van der Waals surface area contributed by atoms with Gasteiger partial charge in [0, 0.05) is 19.5 Å². The third-order valence-corrected chi connectivity index (χ3v) is 8.85. The lowest BCUT2D eigenvalue weighted by Crippen LogP contribution is -2.53. The second-order valence-corrected chi connectivity index (χ2v) is 12.0. The van der Waals surface area contributed by atoms with Crippen molar-refractivity contribution in [3.05, 3.63) is 126 Å². The summed E-state index contributed by atoms with van der Waals surface area (Å²) in [7, 11) is -2.68. The van der Waals surface area contributed by atoms with Crippen LogP contribution in [0.1, 0.15) is 23.6 Å². The molecule has 1 N–H and O–H groups in total. The average molecular weight is 600 g/mol. The van der Waals surface area contributed by atoms with Crippen molar-refractivity contribution in [1.82, 2.24) is 10.2 Å². The van der Waals surface area contributed by atoms with E-state index in [0.717, 1.165) is 21.0 Å². The van der Waals surface area contributed by atoms with Crippen LogP contribution in [-0.4, -0.2) is 51.4 Å². The Labute approximate surface area is 254 Å². The van der Waals surface area contributed by atoms with Crippen LogP contribution in [0.25, 0.3) is 0 Å². The van der Waals surface area contributed by atoms with Gasteiger partial charge >= 0.3 is 0 Å². The molecule has 0 aliphatic rings. The van der Waals surface area contributed by atoms with Crippen LogP contribution in [-0.2, 0) is 32.6 Å². The molecule has 0 fully saturated rings. The van der Waals surface area contributed by atoms with Crippen molar-refractivity contribution in [1.29, 1.82) is 0 Å². The van der Waals surface area contributed by atoms with Crippen LogP contribution in [0.2, 0.25) is 0 Å². The fourth-order valence-corrected chi connectivity index (χ4v) is 6.15. The predicted octanol–water partition coefficient (Wildman–Crippen LogP) is 4.98. The van der Waals surface area contributed by atoms with Crippen molar-refractivity contribution in [2.75, 3.05) is 24.5 Å². The molecule has 4 aromatic rings. The molecular weight excluding hydrogens is 562 g/mol. The minimum atomic E-state index is -4.18. The van der Waals surface area contributed by atoms with Gasteiger partial charge in [-0.2, -0.15) is 0 Å². The number of hydrogen-bond acceptors (Lipinski definition) is 5. The van der Waals surface area contributed by atoms with Gasteiger partial charge in [-0.15, -0.1) is 0 Å². The molecule has 4 aromatic carbocycles. The van der Waals surface area contributed by atoms with Gasteiger partial charge in [-0.05, 0) is 61.4 Å². The molecule has 0 spiro atoms. The summed E-state index contributed by atoms with van der Waals surface area (Å²) < 4.78 is 34.4. The number of amides is 2. The van der Waals surface area contributed by atoms with Gasteiger partial charge in [0.05, 0.1) is 17.7 Å². The zero-order chi connectivity index (χ0) is 30.8. The zero-order valence-corrected chi connectivity index (χ0v) is 25.5. The van der Waals surface area contributed by atoms with Crippen LogP contribution in [0.5, 0.6) is 5.75 Å². The first-order valence-corrected chi connectivity index (χ1v) is 15.6. The van der Waals surface area contributed by atoms with E-state index in [4.69, 9.17) is 4.74 Å². The molecule has 0 heterocycles. The first-order valence-electron chi connectivity index (χ1n) is 14.1. The van der Waals surface area contributed by atoms with Crippen LogP contribution in [0.15, 0.2) is 114 Å². The minimum Gasteiger partial charge on any atom is -0.497 e. The summed E-state index contributed by atoms with van der Waals surface area (Å²) in [5, 5.41) is 2.87. The van der Waals surface area contributed by atoms with Gasteiger partial charge in [-0.1, -0.05) is 78.4 Å². The van der Waals surface area contributed by atoms with Crippen molar-refractivity contribution in [2.24, 2.45) is 0 Å². The number of methoxy groups -OCH3 is 1. The maximum absolute atomic E-state index is 14.3. The van der Waals surface area contributed by atoms with E-state index >= 15 is 0 Å². The lowest BCUT2D eigenvalue weighted by atomic mass is 10.0. The summed E-state index contributed by atoms with van der Waals surface area (Å²) in [6.07, 6.45) is 0.265. The number of anilines is 1. The molecule has 9 heteroatoms. The number of likely N-dealkylation sites (N-methyl/N-ethyl adjacent to an activating group) is 1. The lowest BCUT2D eigenvalue weighted by molar-refractivity contribution is -0.140. The first-order chi connectivity index (χ1) is 20.7. The normalized spacial score (nSPS) is 11.8. The SMILES string of the molecule is CCNC(=O)[C@@H](Cc1ccccc1)N(Cc1ccccc1)C(=O)CN(c1ccc(C)cc1)S(=O)(=O)c1ccc(OC)cc1. The number of nitrogens with one attached hydrogen (secondary N) is 1. The van der Waals surface area contributed by atoms with Crippen LogP contribution in [0.3, 0.4) is 0 Å². The molecule has 0 saturated carbocycles. The highest BCUT2D eigenvalue weighted by Gasteiger charge is 2.34. The number of sulfonamides is 1. The fourth-order valence-electron chi connectivity index (χ4n) is 4.74. The van der Waals surface area contributed by atoms with Gasteiger partial charge in [0.25, 0.3) is 10.0 Å². The average Bonchev–Trinajstić information content (AvgIpc) is 3.03. The summed E-state index contributed by atoms with van der Waals surface area (Å²) in [6.45, 7) is 3.73. The second-order valence-electron chi connectivity index (χ2n) is 10.1. The van der Waals surface area contributed by atoms with E-state index in [9.17, 15) is 18.0 Å². The summed E-state index contributed by atoms with van der Waals surface area (Å²) in [4.78, 5) is 29.3. The molecule has 0 aromatic heterocycles. The number of hydrogen-bond donors (Lipinski definition) is 1. The topological polar surface area (TPSA) is 96.0 Å². The number of carbonyl (C=O) groups is 2. The highest BCUT2D eigenvalue weighted by molar-refractivity contribution is 7.92. The molecule has 0 bridgehead atoms. The highest BCUT2D eigenvalue weighted by Crippen LogP contribution is 2.26. The zero-order valence-electron chi connectivity index (χ0n) is 24.6. The molecule has 224 valence electrons. The van der Waals surface area contributed by atoms with E-state index in [1.807, 2.05) is 74.5 Å². The third-order valence-electron chi connectivity index (χ3n) is 7.07. The molecule has 43 heavy (non-hydrogen) atoms. The number of benzene rings is 4. The van der Waals surface area contributed by atoms with Gasteiger partial charge in [-0.3, -0.25) is 13.9 Å². The quantitative estimate of drug-likeness (QED) is 0.234. The largest absolute Gasteiger partial charge is 0.497 e. The van der Waals surface area contributed by atoms with Gasteiger partial charge in [0.1, 0.15) is 18.3 Å². The van der Waals surface area contributed by atoms with E-state index in [2.05, 4.69) is 5.32 Å². The predicted molar refractivity (Wildman–Crippen MR) is 168 cm³/mol. The highest BCUT2D eigenvalue weighted by atomic mass is 32.2. The Bertz CT molecular complexity index is 1590. The number of nitrogens with zero attached hydrogens (tertiary/aromatic N) is 2. The molecule has 4 rings (SSSR count). The number of carbonyl (C=O) groups excluding carboxylic acids is 2. The maximum Gasteiger partial charge on any atom is 0.264 e. The Hall–Kier alpha value is -4.63.